The van der Waals surface area contributed by atoms with E-state index in [0.717, 1.165) is 0 Å². The van der Waals surface area contributed by atoms with E-state index in [4.69, 9.17) is 17.3 Å². The average Bonchev–Trinajstić information content (AvgIpc) is 2.49. The summed E-state index contributed by atoms with van der Waals surface area (Å²) in [5.74, 6) is 0. The molecule has 0 aliphatic rings. The van der Waals surface area contributed by atoms with E-state index < -0.39 is 10.0 Å². The van der Waals surface area contributed by atoms with E-state index >= 15 is 0 Å². The third-order valence-corrected chi connectivity index (χ3v) is 4.41. The summed E-state index contributed by atoms with van der Waals surface area (Å²) in [6.45, 7) is 0. The number of benzene rings is 2. The molecule has 0 saturated carbocycles. The number of carbonyl (C=O) groups excluding carboxylic acids is 1. The maximum atomic E-state index is 12.2. The molecule has 7 nitrogen and oxygen atoms in total. The number of hydrogen-bond donors (Lipinski definition) is 4. The summed E-state index contributed by atoms with van der Waals surface area (Å²) in [5, 5.41) is 0.289. The van der Waals surface area contributed by atoms with Crippen LogP contribution in [-0.2, 0) is 14.8 Å². The molecule has 0 spiro atoms. The number of halogens is 1. The normalized spacial score (nSPS) is 10.8. The number of nitrogens with one attached hydrogen (secondary N) is 3. The molecule has 0 aliphatic heterocycles. The van der Waals surface area contributed by atoms with Crippen LogP contribution < -0.4 is 21.3 Å². The third kappa shape index (κ3) is 3.80. The molecule has 2 rings (SSSR count). The van der Waals surface area contributed by atoms with Gasteiger partial charge in [-0.2, -0.15) is 0 Å². The largest absolute Gasteiger partial charge is 0.397 e. The molecule has 0 saturated heterocycles. The first-order chi connectivity index (χ1) is 10.4. The van der Waals surface area contributed by atoms with Gasteiger partial charge in [0, 0.05) is 5.69 Å². The molecule has 0 fully saturated rings. The van der Waals surface area contributed by atoms with Gasteiger partial charge < -0.3 is 5.73 Å². The van der Waals surface area contributed by atoms with Crippen molar-refractivity contribution in [1.29, 1.82) is 0 Å². The molecule has 0 unspecified atom stereocenters. The fraction of sp³-hybridized carbons (Fsp3) is 0. The quantitative estimate of drug-likeness (QED) is 0.364. The Kier molecular flexibility index (Phi) is 4.74. The van der Waals surface area contributed by atoms with E-state index in [1.54, 1.807) is 24.3 Å². The number of nitrogens with two attached hydrogens (primary N) is 1. The Morgan fingerprint density at radius 1 is 1.05 bits per heavy atom. The van der Waals surface area contributed by atoms with Crippen LogP contribution in [0.3, 0.4) is 0 Å². The molecule has 1 amide bonds. The third-order valence-electron chi connectivity index (χ3n) is 2.69. The standard InChI is InChI=1S/C13H13ClN4O3S/c14-12-6-5-11(7-13(12)15)22(20,21)18-10-3-1-9(2-4-10)17-16-8-19/h1-8,17-18H,15H2,(H,16,19). The van der Waals surface area contributed by atoms with Crippen molar-refractivity contribution >= 4 is 45.1 Å². The number of nitrogen functional groups attached to an aromatic ring is 1. The van der Waals surface area contributed by atoms with Gasteiger partial charge in [-0.1, -0.05) is 11.6 Å². The van der Waals surface area contributed by atoms with Crippen LogP contribution in [-0.4, -0.2) is 14.8 Å². The Labute approximate surface area is 132 Å². The van der Waals surface area contributed by atoms with Crippen LogP contribution in [0.1, 0.15) is 0 Å². The van der Waals surface area contributed by atoms with Gasteiger partial charge in [-0.05, 0) is 42.5 Å². The maximum Gasteiger partial charge on any atom is 0.261 e. The average molecular weight is 341 g/mol. The van der Waals surface area contributed by atoms with E-state index in [-0.39, 0.29) is 15.6 Å². The van der Waals surface area contributed by atoms with Crippen molar-refractivity contribution < 1.29 is 13.2 Å². The van der Waals surface area contributed by atoms with Crippen molar-refractivity contribution in [2.75, 3.05) is 15.9 Å². The van der Waals surface area contributed by atoms with Gasteiger partial charge in [0.1, 0.15) is 0 Å². The summed E-state index contributed by atoms with van der Waals surface area (Å²) in [6, 6.07) is 10.4. The number of hydrazine groups is 1. The van der Waals surface area contributed by atoms with Gasteiger partial charge in [0.15, 0.2) is 0 Å². The summed E-state index contributed by atoms with van der Waals surface area (Å²) in [7, 11) is -3.76. The van der Waals surface area contributed by atoms with Gasteiger partial charge in [0.2, 0.25) is 6.41 Å². The molecule has 0 bridgehead atoms. The smallest absolute Gasteiger partial charge is 0.261 e. The molecule has 5 N–H and O–H groups in total. The van der Waals surface area contributed by atoms with Gasteiger partial charge in [-0.15, -0.1) is 0 Å². The number of hydrogen-bond acceptors (Lipinski definition) is 5. The Bertz CT molecular complexity index is 778. The number of rotatable bonds is 6. The number of amides is 1. The molecule has 9 heteroatoms. The van der Waals surface area contributed by atoms with Gasteiger partial charge in [0.25, 0.3) is 10.0 Å². The molecule has 2 aromatic rings. The van der Waals surface area contributed by atoms with Crippen molar-refractivity contribution in [3.63, 3.8) is 0 Å². The van der Waals surface area contributed by atoms with Crippen LogP contribution in [0.15, 0.2) is 47.4 Å². The monoisotopic (exact) mass is 340 g/mol. The second-order valence-corrected chi connectivity index (χ2v) is 6.34. The molecule has 0 radical (unpaired) electrons. The Morgan fingerprint density at radius 2 is 1.68 bits per heavy atom. The molecule has 0 atom stereocenters. The van der Waals surface area contributed by atoms with E-state index in [0.29, 0.717) is 17.8 Å². The summed E-state index contributed by atoms with van der Waals surface area (Å²) < 4.78 is 26.9. The van der Waals surface area contributed by atoms with Crippen LogP contribution in [0.4, 0.5) is 17.1 Å². The van der Waals surface area contributed by atoms with E-state index in [1.165, 1.54) is 18.2 Å². The highest BCUT2D eigenvalue weighted by atomic mass is 35.5. The molecule has 22 heavy (non-hydrogen) atoms. The molecule has 0 aromatic heterocycles. The highest BCUT2D eigenvalue weighted by Crippen LogP contribution is 2.24. The summed E-state index contributed by atoms with van der Waals surface area (Å²) in [5.41, 5.74) is 11.6. The summed E-state index contributed by atoms with van der Waals surface area (Å²) in [6.07, 6.45) is 0.488. The summed E-state index contributed by atoms with van der Waals surface area (Å²) in [4.78, 5) is 10.2. The SMILES string of the molecule is Nc1cc(S(=O)(=O)Nc2ccc(NNC=O)cc2)ccc1Cl. The number of sulfonamides is 1. The lowest BCUT2D eigenvalue weighted by Gasteiger charge is -2.10. The highest BCUT2D eigenvalue weighted by Gasteiger charge is 2.15. The first-order valence-corrected chi connectivity index (χ1v) is 7.91. The van der Waals surface area contributed by atoms with Crippen LogP contribution >= 0.6 is 11.6 Å². The lowest BCUT2D eigenvalue weighted by Crippen LogP contribution is -2.18. The topological polar surface area (TPSA) is 113 Å². The predicted octanol–water partition coefficient (Wildman–Crippen LogP) is 1.80. The van der Waals surface area contributed by atoms with Crippen LogP contribution in [0.5, 0.6) is 0 Å². The van der Waals surface area contributed by atoms with Gasteiger partial charge in [-0.25, -0.2) is 8.42 Å². The maximum absolute atomic E-state index is 12.2. The molecule has 116 valence electrons. The van der Waals surface area contributed by atoms with Crippen LogP contribution in [0, 0.1) is 0 Å². The minimum absolute atomic E-state index is 0.0132. The van der Waals surface area contributed by atoms with Crippen molar-refractivity contribution in [1.82, 2.24) is 5.43 Å². The second kappa shape index (κ2) is 6.54. The predicted molar refractivity (Wildman–Crippen MR) is 85.9 cm³/mol. The Hall–Kier alpha value is -2.45. The van der Waals surface area contributed by atoms with Gasteiger partial charge >= 0.3 is 0 Å². The molecule has 0 aliphatic carbocycles. The fourth-order valence-electron chi connectivity index (χ4n) is 1.64. The zero-order chi connectivity index (χ0) is 16.2. The van der Waals surface area contributed by atoms with Crippen molar-refractivity contribution in [2.24, 2.45) is 0 Å². The van der Waals surface area contributed by atoms with E-state index in [9.17, 15) is 13.2 Å². The van der Waals surface area contributed by atoms with Crippen LogP contribution in [0.25, 0.3) is 0 Å². The van der Waals surface area contributed by atoms with Crippen molar-refractivity contribution in [3.8, 4) is 0 Å². The lowest BCUT2D eigenvalue weighted by atomic mass is 10.3. The lowest BCUT2D eigenvalue weighted by molar-refractivity contribution is -0.109. The zero-order valence-electron chi connectivity index (χ0n) is 11.2. The zero-order valence-corrected chi connectivity index (χ0v) is 12.8. The van der Waals surface area contributed by atoms with Crippen LogP contribution in [0.2, 0.25) is 5.02 Å². The van der Waals surface area contributed by atoms with Crippen molar-refractivity contribution in [3.05, 3.63) is 47.5 Å². The van der Waals surface area contributed by atoms with E-state index in [2.05, 4.69) is 15.6 Å². The Balaban J connectivity index is 2.17. The van der Waals surface area contributed by atoms with Gasteiger partial charge in [-0.3, -0.25) is 20.4 Å². The number of carbonyl (C=O) groups is 1. The van der Waals surface area contributed by atoms with E-state index in [1.807, 2.05) is 0 Å². The highest BCUT2D eigenvalue weighted by molar-refractivity contribution is 7.92. The van der Waals surface area contributed by atoms with Gasteiger partial charge in [0.05, 0.1) is 21.3 Å². The molecular weight excluding hydrogens is 328 g/mol. The second-order valence-electron chi connectivity index (χ2n) is 4.25. The molecular formula is C13H13ClN4O3S. The number of anilines is 3. The Morgan fingerprint density at radius 3 is 2.27 bits per heavy atom. The minimum Gasteiger partial charge on any atom is -0.397 e. The first-order valence-electron chi connectivity index (χ1n) is 6.05. The van der Waals surface area contributed by atoms with Crippen molar-refractivity contribution in [2.45, 2.75) is 4.90 Å². The minimum atomic E-state index is -3.76. The molecule has 2 aromatic carbocycles. The fourth-order valence-corrected chi connectivity index (χ4v) is 2.85. The first kappa shape index (κ1) is 15.9. The molecule has 0 heterocycles. The summed E-state index contributed by atoms with van der Waals surface area (Å²) >= 11 is 5.77.